The molecular weight excluding hydrogens is 268 g/mol. The van der Waals surface area contributed by atoms with Crippen molar-refractivity contribution in [2.45, 2.75) is 12.5 Å². The lowest BCUT2D eigenvalue weighted by Gasteiger charge is -2.25. The number of aryl methyl sites for hydroxylation is 1. The van der Waals surface area contributed by atoms with Crippen molar-refractivity contribution < 1.29 is 14.7 Å². The Bertz CT molecular complexity index is 634. The molecule has 2 aromatic rings. The molecule has 110 valence electrons. The molecule has 5 heteroatoms. The second-order valence-corrected chi connectivity index (χ2v) is 4.96. The molecule has 0 radical (unpaired) electrons. The van der Waals surface area contributed by atoms with Crippen molar-refractivity contribution >= 4 is 11.9 Å². The first-order chi connectivity index (χ1) is 10.0. The molecule has 1 aromatic carbocycles. The van der Waals surface area contributed by atoms with Crippen molar-refractivity contribution in [1.82, 2.24) is 9.47 Å². The van der Waals surface area contributed by atoms with E-state index in [9.17, 15) is 14.7 Å². The van der Waals surface area contributed by atoms with Gasteiger partial charge in [0, 0.05) is 26.7 Å². The molecule has 0 aliphatic carbocycles. The smallest absolute Gasteiger partial charge is 0.326 e. The molecule has 0 aliphatic rings. The Hall–Kier alpha value is -2.56. The minimum Gasteiger partial charge on any atom is -0.480 e. The van der Waals surface area contributed by atoms with Crippen LogP contribution in [-0.4, -0.2) is 39.5 Å². The topological polar surface area (TPSA) is 62.5 Å². The highest BCUT2D eigenvalue weighted by atomic mass is 16.4. The minimum atomic E-state index is -1.01. The first-order valence-corrected chi connectivity index (χ1v) is 6.66. The van der Waals surface area contributed by atoms with Crippen molar-refractivity contribution in [3.8, 4) is 0 Å². The van der Waals surface area contributed by atoms with E-state index in [1.807, 2.05) is 30.3 Å². The van der Waals surface area contributed by atoms with Crippen molar-refractivity contribution in [3.05, 3.63) is 59.9 Å². The van der Waals surface area contributed by atoms with Gasteiger partial charge in [-0.2, -0.15) is 0 Å². The summed E-state index contributed by atoms with van der Waals surface area (Å²) in [6, 6.07) is 11.8. The summed E-state index contributed by atoms with van der Waals surface area (Å²) in [5.74, 6) is -1.31. The number of amides is 1. The molecule has 0 spiro atoms. The van der Waals surface area contributed by atoms with Crippen molar-refractivity contribution in [3.63, 3.8) is 0 Å². The quantitative estimate of drug-likeness (QED) is 0.911. The molecule has 1 N–H and O–H groups in total. The number of carbonyl (C=O) groups excluding carboxylic acids is 1. The number of aliphatic carboxylic acids is 1. The SMILES string of the molecule is CN(C(=O)c1cccn1C)C(Cc1ccccc1)C(=O)O. The van der Waals surface area contributed by atoms with E-state index in [0.29, 0.717) is 5.69 Å². The van der Waals surface area contributed by atoms with Crippen LogP contribution in [0.3, 0.4) is 0 Å². The fourth-order valence-corrected chi connectivity index (χ4v) is 2.23. The van der Waals surface area contributed by atoms with Gasteiger partial charge >= 0.3 is 5.97 Å². The van der Waals surface area contributed by atoms with Crippen LogP contribution in [0.5, 0.6) is 0 Å². The van der Waals surface area contributed by atoms with E-state index in [1.54, 1.807) is 29.9 Å². The number of carboxylic acid groups (broad SMARTS) is 1. The molecule has 0 bridgehead atoms. The van der Waals surface area contributed by atoms with Crippen LogP contribution in [0.4, 0.5) is 0 Å². The Morgan fingerprint density at radius 2 is 1.86 bits per heavy atom. The number of nitrogens with zero attached hydrogens (tertiary/aromatic N) is 2. The first-order valence-electron chi connectivity index (χ1n) is 6.66. The van der Waals surface area contributed by atoms with Gasteiger partial charge in [0.05, 0.1) is 0 Å². The summed E-state index contributed by atoms with van der Waals surface area (Å²) in [5.41, 5.74) is 1.35. The van der Waals surface area contributed by atoms with Crippen LogP contribution in [0.25, 0.3) is 0 Å². The molecule has 1 unspecified atom stereocenters. The van der Waals surface area contributed by atoms with E-state index >= 15 is 0 Å². The molecule has 1 aromatic heterocycles. The Morgan fingerprint density at radius 3 is 2.38 bits per heavy atom. The van der Waals surface area contributed by atoms with E-state index in [1.165, 1.54) is 11.9 Å². The van der Waals surface area contributed by atoms with E-state index in [2.05, 4.69) is 0 Å². The van der Waals surface area contributed by atoms with Gasteiger partial charge in [-0.15, -0.1) is 0 Å². The zero-order valence-corrected chi connectivity index (χ0v) is 12.1. The lowest BCUT2D eigenvalue weighted by molar-refractivity contribution is -0.141. The molecule has 0 fully saturated rings. The summed E-state index contributed by atoms with van der Waals surface area (Å²) in [6.45, 7) is 0. The summed E-state index contributed by atoms with van der Waals surface area (Å²) in [6.07, 6.45) is 2.04. The standard InChI is InChI=1S/C16H18N2O3/c1-17-10-6-9-13(17)15(19)18(2)14(16(20)21)11-12-7-4-3-5-8-12/h3-10,14H,11H2,1-2H3,(H,20,21). The molecule has 2 rings (SSSR count). The van der Waals surface area contributed by atoms with Crippen LogP contribution in [0, 0.1) is 0 Å². The third-order valence-electron chi connectivity index (χ3n) is 3.51. The van der Waals surface area contributed by atoms with Crippen LogP contribution in [0.15, 0.2) is 48.7 Å². The average Bonchev–Trinajstić information content (AvgIpc) is 2.90. The zero-order chi connectivity index (χ0) is 15.4. The predicted octanol–water partition coefficient (Wildman–Crippen LogP) is 1.79. The number of rotatable bonds is 5. The Morgan fingerprint density at radius 1 is 1.19 bits per heavy atom. The predicted molar refractivity (Wildman–Crippen MR) is 79.1 cm³/mol. The number of carbonyl (C=O) groups is 2. The number of likely N-dealkylation sites (N-methyl/N-ethyl adjacent to an activating group) is 1. The number of hydrogen-bond acceptors (Lipinski definition) is 2. The van der Waals surface area contributed by atoms with Crippen LogP contribution in [0.2, 0.25) is 0 Å². The van der Waals surface area contributed by atoms with Crippen LogP contribution in [-0.2, 0) is 18.3 Å². The highest BCUT2D eigenvalue weighted by Gasteiger charge is 2.28. The summed E-state index contributed by atoms with van der Waals surface area (Å²) in [4.78, 5) is 25.2. The fraction of sp³-hybridized carbons (Fsp3) is 0.250. The maximum absolute atomic E-state index is 12.4. The Labute approximate surface area is 123 Å². The molecule has 1 amide bonds. The monoisotopic (exact) mass is 286 g/mol. The molecule has 0 aliphatic heterocycles. The van der Waals surface area contributed by atoms with E-state index in [0.717, 1.165) is 5.56 Å². The summed E-state index contributed by atoms with van der Waals surface area (Å²) in [5, 5.41) is 9.42. The van der Waals surface area contributed by atoms with Gasteiger partial charge in [0.2, 0.25) is 0 Å². The number of benzene rings is 1. The molecule has 1 atom stereocenters. The van der Waals surface area contributed by atoms with Gasteiger partial charge in [-0.3, -0.25) is 4.79 Å². The molecular formula is C16H18N2O3. The molecule has 0 saturated carbocycles. The third-order valence-corrected chi connectivity index (χ3v) is 3.51. The Kier molecular flexibility index (Phi) is 4.42. The van der Waals surface area contributed by atoms with Gasteiger partial charge in [-0.25, -0.2) is 4.79 Å². The highest BCUT2D eigenvalue weighted by molar-refractivity contribution is 5.95. The van der Waals surface area contributed by atoms with E-state index in [-0.39, 0.29) is 12.3 Å². The van der Waals surface area contributed by atoms with E-state index in [4.69, 9.17) is 0 Å². The number of aromatic nitrogens is 1. The maximum Gasteiger partial charge on any atom is 0.326 e. The molecule has 21 heavy (non-hydrogen) atoms. The summed E-state index contributed by atoms with van der Waals surface area (Å²) in [7, 11) is 3.28. The van der Waals surface area contributed by atoms with Gasteiger partial charge in [0.15, 0.2) is 0 Å². The normalized spacial score (nSPS) is 11.9. The highest BCUT2D eigenvalue weighted by Crippen LogP contribution is 2.12. The second-order valence-electron chi connectivity index (χ2n) is 4.96. The van der Waals surface area contributed by atoms with Crippen LogP contribution in [0.1, 0.15) is 16.1 Å². The lowest BCUT2D eigenvalue weighted by atomic mass is 10.0. The fourth-order valence-electron chi connectivity index (χ4n) is 2.23. The van der Waals surface area contributed by atoms with Crippen molar-refractivity contribution in [1.29, 1.82) is 0 Å². The van der Waals surface area contributed by atoms with E-state index < -0.39 is 12.0 Å². The van der Waals surface area contributed by atoms with Crippen molar-refractivity contribution in [2.75, 3.05) is 7.05 Å². The lowest BCUT2D eigenvalue weighted by Crippen LogP contribution is -2.44. The number of hydrogen-bond donors (Lipinski definition) is 1. The minimum absolute atomic E-state index is 0.281. The zero-order valence-electron chi connectivity index (χ0n) is 12.1. The van der Waals surface area contributed by atoms with Gasteiger partial charge in [0.1, 0.15) is 11.7 Å². The summed E-state index contributed by atoms with van der Waals surface area (Å²) < 4.78 is 1.68. The van der Waals surface area contributed by atoms with Gasteiger partial charge in [-0.1, -0.05) is 30.3 Å². The summed E-state index contributed by atoms with van der Waals surface area (Å²) >= 11 is 0. The van der Waals surface area contributed by atoms with Crippen molar-refractivity contribution in [2.24, 2.45) is 7.05 Å². The third kappa shape index (κ3) is 3.31. The largest absolute Gasteiger partial charge is 0.480 e. The molecule has 1 heterocycles. The first kappa shape index (κ1) is 14.8. The van der Waals surface area contributed by atoms with Crippen LogP contribution >= 0.6 is 0 Å². The van der Waals surface area contributed by atoms with Gasteiger partial charge < -0.3 is 14.6 Å². The van der Waals surface area contributed by atoms with Gasteiger partial charge in [-0.05, 0) is 17.7 Å². The maximum atomic E-state index is 12.4. The average molecular weight is 286 g/mol. The second kappa shape index (κ2) is 6.26. The molecule has 5 nitrogen and oxygen atoms in total. The van der Waals surface area contributed by atoms with Crippen LogP contribution < -0.4 is 0 Å². The molecule has 0 saturated heterocycles. The Balaban J connectivity index is 2.20. The number of carboxylic acids is 1. The van der Waals surface area contributed by atoms with Gasteiger partial charge in [0.25, 0.3) is 5.91 Å².